The van der Waals surface area contributed by atoms with E-state index < -0.39 is 0 Å². The van der Waals surface area contributed by atoms with Crippen molar-refractivity contribution in [1.29, 1.82) is 0 Å². The second kappa shape index (κ2) is 9.16. The molecule has 168 valence electrons. The Bertz CT molecular complexity index is 1280. The number of anilines is 2. The summed E-state index contributed by atoms with van der Waals surface area (Å²) in [5.41, 5.74) is 2.30. The maximum atomic E-state index is 12.9. The van der Waals surface area contributed by atoms with Crippen molar-refractivity contribution in [2.24, 2.45) is 0 Å². The van der Waals surface area contributed by atoms with Crippen LogP contribution in [0.15, 0.2) is 73.2 Å². The zero-order valence-electron chi connectivity index (χ0n) is 19.0. The molecule has 2 N–H and O–H groups in total. The van der Waals surface area contributed by atoms with Gasteiger partial charge in [-0.15, -0.1) is 0 Å². The lowest BCUT2D eigenvalue weighted by atomic mass is 9.87. The quantitative estimate of drug-likeness (QED) is 0.375. The number of aromatic nitrogens is 2. The molecule has 0 saturated heterocycles. The fraction of sp³-hybridized carbons (Fsp3) is 0.192. The van der Waals surface area contributed by atoms with E-state index in [1.807, 2.05) is 42.5 Å². The Morgan fingerprint density at radius 3 is 2.30 bits per heavy atom. The van der Waals surface area contributed by atoms with Gasteiger partial charge in [-0.05, 0) is 35.2 Å². The van der Waals surface area contributed by atoms with Gasteiger partial charge in [0.2, 0.25) is 5.88 Å². The number of rotatable bonds is 5. The first-order chi connectivity index (χ1) is 15.8. The molecule has 0 aliphatic carbocycles. The number of urea groups is 1. The zero-order chi connectivity index (χ0) is 23.4. The van der Waals surface area contributed by atoms with Crippen LogP contribution in [-0.2, 0) is 5.41 Å². The molecule has 1 heterocycles. The van der Waals surface area contributed by atoms with Crippen molar-refractivity contribution >= 4 is 28.2 Å². The van der Waals surface area contributed by atoms with E-state index in [9.17, 15) is 4.79 Å². The SMILES string of the molecule is COc1ccc(C(C)(C)C)cc1NC(=O)Nc1ccc(Oc2ccncn2)c2ccccc12. The van der Waals surface area contributed by atoms with Crippen LogP contribution in [0.1, 0.15) is 26.3 Å². The van der Waals surface area contributed by atoms with Crippen LogP contribution < -0.4 is 20.1 Å². The number of carbonyl (C=O) groups excluding carboxylic acids is 1. The van der Waals surface area contributed by atoms with Crippen LogP contribution in [0.4, 0.5) is 16.2 Å². The molecule has 3 aromatic carbocycles. The van der Waals surface area contributed by atoms with Gasteiger partial charge < -0.3 is 20.1 Å². The van der Waals surface area contributed by atoms with Gasteiger partial charge in [-0.1, -0.05) is 51.1 Å². The summed E-state index contributed by atoms with van der Waals surface area (Å²) in [4.78, 5) is 20.9. The summed E-state index contributed by atoms with van der Waals surface area (Å²) in [5, 5.41) is 7.56. The van der Waals surface area contributed by atoms with Crippen LogP contribution in [0, 0.1) is 0 Å². The van der Waals surface area contributed by atoms with E-state index in [1.54, 1.807) is 31.5 Å². The number of ether oxygens (including phenoxy) is 2. The van der Waals surface area contributed by atoms with Crippen LogP contribution in [0.2, 0.25) is 0 Å². The van der Waals surface area contributed by atoms with Gasteiger partial charge in [-0.3, -0.25) is 0 Å². The van der Waals surface area contributed by atoms with Crippen molar-refractivity contribution in [1.82, 2.24) is 9.97 Å². The number of amides is 2. The number of fused-ring (bicyclic) bond motifs is 1. The normalized spacial score (nSPS) is 11.2. The molecule has 7 nitrogen and oxygen atoms in total. The number of nitrogens with one attached hydrogen (secondary N) is 2. The lowest BCUT2D eigenvalue weighted by Gasteiger charge is -2.21. The minimum Gasteiger partial charge on any atom is -0.495 e. The lowest BCUT2D eigenvalue weighted by molar-refractivity contribution is 0.262. The first-order valence-corrected chi connectivity index (χ1v) is 10.6. The molecule has 0 unspecified atom stereocenters. The molecule has 0 bridgehead atoms. The van der Waals surface area contributed by atoms with E-state index in [4.69, 9.17) is 9.47 Å². The third-order valence-corrected chi connectivity index (χ3v) is 5.22. The highest BCUT2D eigenvalue weighted by molar-refractivity contribution is 6.08. The van der Waals surface area contributed by atoms with E-state index in [0.717, 1.165) is 16.3 Å². The van der Waals surface area contributed by atoms with Crippen molar-refractivity contribution in [3.63, 3.8) is 0 Å². The number of nitrogens with zero attached hydrogens (tertiary/aromatic N) is 2. The Balaban J connectivity index is 1.60. The van der Waals surface area contributed by atoms with Crippen LogP contribution in [0.3, 0.4) is 0 Å². The Kier molecular flexibility index (Phi) is 6.13. The summed E-state index contributed by atoms with van der Waals surface area (Å²) in [7, 11) is 1.58. The van der Waals surface area contributed by atoms with E-state index in [0.29, 0.717) is 28.8 Å². The molecule has 2 amide bonds. The monoisotopic (exact) mass is 442 g/mol. The van der Waals surface area contributed by atoms with Crippen molar-refractivity contribution in [3.05, 3.63) is 78.8 Å². The van der Waals surface area contributed by atoms with Crippen molar-refractivity contribution < 1.29 is 14.3 Å². The molecule has 0 atom stereocenters. The molecule has 0 saturated carbocycles. The van der Waals surface area contributed by atoms with Gasteiger partial charge >= 0.3 is 6.03 Å². The van der Waals surface area contributed by atoms with Gasteiger partial charge in [-0.25, -0.2) is 14.8 Å². The van der Waals surface area contributed by atoms with Crippen LogP contribution in [-0.4, -0.2) is 23.1 Å². The second-order valence-electron chi connectivity index (χ2n) is 8.55. The minimum atomic E-state index is -0.367. The average molecular weight is 443 g/mol. The Morgan fingerprint density at radius 2 is 1.61 bits per heavy atom. The summed E-state index contributed by atoms with van der Waals surface area (Å²) in [6.07, 6.45) is 3.05. The number of hydrogen-bond acceptors (Lipinski definition) is 5. The summed E-state index contributed by atoms with van der Waals surface area (Å²) in [6, 6.07) is 18.4. The number of benzene rings is 3. The maximum Gasteiger partial charge on any atom is 0.323 e. The third kappa shape index (κ3) is 5.03. The zero-order valence-corrected chi connectivity index (χ0v) is 19.0. The highest BCUT2D eigenvalue weighted by atomic mass is 16.5. The molecule has 0 aliphatic rings. The Labute approximate surface area is 192 Å². The third-order valence-electron chi connectivity index (χ3n) is 5.22. The van der Waals surface area contributed by atoms with Gasteiger partial charge in [0.1, 0.15) is 17.8 Å². The first kappa shape index (κ1) is 22.1. The van der Waals surface area contributed by atoms with Crippen molar-refractivity contribution in [2.45, 2.75) is 26.2 Å². The molecule has 0 spiro atoms. The van der Waals surface area contributed by atoms with Gasteiger partial charge in [0.05, 0.1) is 18.5 Å². The van der Waals surface area contributed by atoms with Crippen LogP contribution in [0.5, 0.6) is 17.4 Å². The molecule has 4 rings (SSSR count). The van der Waals surface area contributed by atoms with Crippen LogP contribution in [0.25, 0.3) is 10.8 Å². The van der Waals surface area contributed by atoms with Gasteiger partial charge in [0.25, 0.3) is 0 Å². The van der Waals surface area contributed by atoms with E-state index in [2.05, 4.69) is 41.4 Å². The first-order valence-electron chi connectivity index (χ1n) is 10.6. The molecular weight excluding hydrogens is 416 g/mol. The highest BCUT2D eigenvalue weighted by Crippen LogP contribution is 2.35. The van der Waals surface area contributed by atoms with Crippen molar-refractivity contribution in [3.8, 4) is 17.4 Å². The maximum absolute atomic E-state index is 12.9. The van der Waals surface area contributed by atoms with Gasteiger partial charge in [0, 0.05) is 23.0 Å². The number of methoxy groups -OCH3 is 1. The molecule has 1 aromatic heterocycles. The van der Waals surface area contributed by atoms with E-state index in [1.165, 1.54) is 6.33 Å². The Morgan fingerprint density at radius 1 is 0.879 bits per heavy atom. The lowest BCUT2D eigenvalue weighted by Crippen LogP contribution is -2.21. The Hall–Kier alpha value is -4.13. The predicted octanol–water partition coefficient (Wildman–Crippen LogP) is 6.37. The molecule has 0 radical (unpaired) electrons. The van der Waals surface area contributed by atoms with Crippen LogP contribution >= 0.6 is 0 Å². The fourth-order valence-corrected chi connectivity index (χ4v) is 3.47. The number of hydrogen-bond donors (Lipinski definition) is 2. The average Bonchev–Trinajstić information content (AvgIpc) is 2.80. The molecule has 0 aliphatic heterocycles. The fourth-order valence-electron chi connectivity index (χ4n) is 3.47. The number of carbonyl (C=O) groups is 1. The van der Waals surface area contributed by atoms with Gasteiger partial charge in [0.15, 0.2) is 0 Å². The van der Waals surface area contributed by atoms with E-state index in [-0.39, 0.29) is 11.4 Å². The van der Waals surface area contributed by atoms with Gasteiger partial charge in [-0.2, -0.15) is 0 Å². The standard InChI is InChI=1S/C26H26N4O3/c1-26(2,3)17-9-11-23(32-4)21(15-17)30-25(31)29-20-10-12-22(19-8-6-5-7-18(19)20)33-24-13-14-27-16-28-24/h5-16H,1-4H3,(H2,29,30,31). The summed E-state index contributed by atoms with van der Waals surface area (Å²) >= 11 is 0. The smallest absolute Gasteiger partial charge is 0.323 e. The minimum absolute atomic E-state index is 0.0606. The summed E-state index contributed by atoms with van der Waals surface area (Å²) < 4.78 is 11.4. The summed E-state index contributed by atoms with van der Waals surface area (Å²) in [5.74, 6) is 1.67. The van der Waals surface area contributed by atoms with E-state index >= 15 is 0 Å². The molecule has 0 fully saturated rings. The largest absolute Gasteiger partial charge is 0.495 e. The molecule has 4 aromatic rings. The molecule has 33 heavy (non-hydrogen) atoms. The summed E-state index contributed by atoms with van der Waals surface area (Å²) in [6.45, 7) is 6.36. The second-order valence-corrected chi connectivity index (χ2v) is 8.55. The topological polar surface area (TPSA) is 85.4 Å². The highest BCUT2D eigenvalue weighted by Gasteiger charge is 2.17. The van der Waals surface area contributed by atoms with Crippen molar-refractivity contribution in [2.75, 3.05) is 17.7 Å². The molecular formula is C26H26N4O3. The molecule has 7 heteroatoms. The predicted molar refractivity (Wildman–Crippen MR) is 130 cm³/mol.